The van der Waals surface area contributed by atoms with E-state index in [1.165, 1.54) is 13.0 Å². The maximum absolute atomic E-state index is 13.4. The molecule has 0 aliphatic rings. The Bertz CT molecular complexity index is 703. The molecule has 0 aliphatic carbocycles. The number of rotatable bonds is 7. The molecule has 8 nitrogen and oxygen atoms in total. The SMILES string of the molecule is C/C=C(\NC(=O)c1ccc(F)c(CN)n1)C(=O)N[C@H](C(=O)O)C(C)C. The predicted molar refractivity (Wildman–Crippen MR) is 87.7 cm³/mol. The third-order valence-electron chi connectivity index (χ3n) is 3.35. The average Bonchev–Trinajstić information content (AvgIpc) is 2.56. The van der Waals surface area contributed by atoms with Crippen LogP contribution in [-0.2, 0) is 16.1 Å². The first kappa shape index (κ1) is 20.2. The van der Waals surface area contributed by atoms with Crippen LogP contribution in [-0.4, -0.2) is 33.9 Å². The molecule has 1 rings (SSSR count). The summed E-state index contributed by atoms with van der Waals surface area (Å²) in [6, 6.07) is 1.11. The number of hydrogen-bond acceptors (Lipinski definition) is 5. The Kier molecular flexibility index (Phi) is 7.19. The lowest BCUT2D eigenvalue weighted by atomic mass is 10.0. The fraction of sp³-hybridized carbons (Fsp3) is 0.375. The van der Waals surface area contributed by atoms with Crippen LogP contribution in [0, 0.1) is 11.7 Å². The molecular weight excluding hydrogens is 331 g/mol. The molecule has 0 radical (unpaired) electrons. The first-order chi connectivity index (χ1) is 11.7. The van der Waals surface area contributed by atoms with Gasteiger partial charge in [0, 0.05) is 6.54 Å². The van der Waals surface area contributed by atoms with E-state index in [4.69, 9.17) is 10.8 Å². The highest BCUT2D eigenvalue weighted by atomic mass is 19.1. The first-order valence-electron chi connectivity index (χ1n) is 7.58. The van der Waals surface area contributed by atoms with Crippen molar-refractivity contribution in [2.45, 2.75) is 33.4 Å². The van der Waals surface area contributed by atoms with Gasteiger partial charge in [-0.25, -0.2) is 14.2 Å². The van der Waals surface area contributed by atoms with E-state index in [2.05, 4.69) is 15.6 Å². The van der Waals surface area contributed by atoms with E-state index in [0.717, 1.165) is 12.1 Å². The van der Waals surface area contributed by atoms with Crippen molar-refractivity contribution in [2.24, 2.45) is 11.7 Å². The Labute approximate surface area is 144 Å². The van der Waals surface area contributed by atoms with Crippen molar-refractivity contribution < 1.29 is 23.9 Å². The molecule has 0 unspecified atom stereocenters. The van der Waals surface area contributed by atoms with Crippen LogP contribution in [0.25, 0.3) is 0 Å². The molecule has 136 valence electrons. The number of nitrogens with one attached hydrogen (secondary N) is 2. The molecule has 0 fully saturated rings. The Balaban J connectivity index is 2.90. The zero-order valence-corrected chi connectivity index (χ0v) is 14.2. The van der Waals surface area contributed by atoms with Crippen molar-refractivity contribution in [1.29, 1.82) is 0 Å². The highest BCUT2D eigenvalue weighted by Crippen LogP contribution is 2.07. The van der Waals surface area contributed by atoms with Crippen LogP contribution >= 0.6 is 0 Å². The lowest BCUT2D eigenvalue weighted by Gasteiger charge is -2.19. The summed E-state index contributed by atoms with van der Waals surface area (Å²) in [5.74, 6) is -3.66. The maximum atomic E-state index is 13.4. The second-order valence-corrected chi connectivity index (χ2v) is 5.52. The highest BCUT2D eigenvalue weighted by Gasteiger charge is 2.25. The third kappa shape index (κ3) is 5.35. The smallest absolute Gasteiger partial charge is 0.326 e. The number of amides is 2. The van der Waals surface area contributed by atoms with E-state index in [9.17, 15) is 18.8 Å². The minimum absolute atomic E-state index is 0.0788. The van der Waals surface area contributed by atoms with Gasteiger partial charge in [-0.2, -0.15) is 0 Å². The minimum Gasteiger partial charge on any atom is -0.480 e. The van der Waals surface area contributed by atoms with Gasteiger partial charge in [-0.15, -0.1) is 0 Å². The monoisotopic (exact) mass is 352 g/mol. The number of carbonyl (C=O) groups excluding carboxylic acids is 2. The van der Waals surface area contributed by atoms with Gasteiger partial charge < -0.3 is 21.5 Å². The topological polar surface area (TPSA) is 134 Å². The van der Waals surface area contributed by atoms with E-state index >= 15 is 0 Å². The molecule has 1 aromatic heterocycles. The number of allylic oxidation sites excluding steroid dienone is 1. The largest absolute Gasteiger partial charge is 0.480 e. The normalized spacial score (nSPS) is 12.6. The summed E-state index contributed by atoms with van der Waals surface area (Å²) in [5.41, 5.74) is 5.00. The number of pyridine rings is 1. The maximum Gasteiger partial charge on any atom is 0.326 e. The Morgan fingerprint density at radius 1 is 1.36 bits per heavy atom. The van der Waals surface area contributed by atoms with Crippen molar-refractivity contribution in [3.05, 3.63) is 41.1 Å². The fourth-order valence-corrected chi connectivity index (χ4v) is 1.93. The molecule has 9 heteroatoms. The van der Waals surface area contributed by atoms with Crippen LogP contribution in [0.3, 0.4) is 0 Å². The van der Waals surface area contributed by atoms with Gasteiger partial charge in [0.2, 0.25) is 0 Å². The molecule has 25 heavy (non-hydrogen) atoms. The van der Waals surface area contributed by atoms with Crippen LogP contribution < -0.4 is 16.4 Å². The number of hydrogen-bond donors (Lipinski definition) is 4. The number of carboxylic acids is 1. The summed E-state index contributed by atoms with van der Waals surface area (Å²) >= 11 is 0. The summed E-state index contributed by atoms with van der Waals surface area (Å²) in [4.78, 5) is 39.3. The van der Waals surface area contributed by atoms with Crippen molar-refractivity contribution in [1.82, 2.24) is 15.6 Å². The van der Waals surface area contributed by atoms with Gasteiger partial charge in [-0.05, 0) is 25.0 Å². The Morgan fingerprint density at radius 2 is 2.00 bits per heavy atom. The van der Waals surface area contributed by atoms with Gasteiger partial charge in [-0.1, -0.05) is 19.9 Å². The first-order valence-corrected chi connectivity index (χ1v) is 7.58. The van der Waals surface area contributed by atoms with Crippen molar-refractivity contribution in [2.75, 3.05) is 0 Å². The Hall–Kier alpha value is -2.81. The van der Waals surface area contributed by atoms with Gasteiger partial charge in [0.05, 0.1) is 5.69 Å². The van der Waals surface area contributed by atoms with Crippen molar-refractivity contribution in [3.63, 3.8) is 0 Å². The summed E-state index contributed by atoms with van der Waals surface area (Å²) in [6.45, 7) is 4.61. The molecule has 0 saturated carbocycles. The van der Waals surface area contributed by atoms with Crippen LogP contribution in [0.2, 0.25) is 0 Å². The lowest BCUT2D eigenvalue weighted by molar-refractivity contribution is -0.142. The van der Waals surface area contributed by atoms with Gasteiger partial charge in [0.15, 0.2) is 0 Å². The van der Waals surface area contributed by atoms with Gasteiger partial charge in [-0.3, -0.25) is 9.59 Å². The fourth-order valence-electron chi connectivity index (χ4n) is 1.93. The Morgan fingerprint density at radius 3 is 2.48 bits per heavy atom. The van der Waals surface area contributed by atoms with Gasteiger partial charge in [0.1, 0.15) is 23.3 Å². The summed E-state index contributed by atoms with van der Waals surface area (Å²) in [6.07, 6.45) is 1.32. The standard InChI is InChI=1S/C16H21FN4O4/c1-4-10(14(22)21-13(8(2)3)16(24)25)20-15(23)11-6-5-9(17)12(7-18)19-11/h4-6,8,13H,7,18H2,1-3H3,(H,20,23)(H,21,22)(H,24,25)/b10-4-/t13-/m0/s1. The van der Waals surface area contributed by atoms with E-state index in [1.54, 1.807) is 13.8 Å². The van der Waals surface area contributed by atoms with Gasteiger partial charge >= 0.3 is 5.97 Å². The third-order valence-corrected chi connectivity index (χ3v) is 3.35. The van der Waals surface area contributed by atoms with Crippen molar-refractivity contribution >= 4 is 17.8 Å². The number of halogens is 1. The van der Waals surface area contributed by atoms with Crippen molar-refractivity contribution in [3.8, 4) is 0 Å². The number of aliphatic carboxylic acids is 1. The second kappa shape index (κ2) is 8.88. The predicted octanol–water partition coefficient (Wildman–Crippen LogP) is 0.538. The molecule has 0 saturated heterocycles. The van der Waals surface area contributed by atoms with Crippen LogP contribution in [0.15, 0.2) is 23.9 Å². The van der Waals surface area contributed by atoms with Gasteiger partial charge in [0.25, 0.3) is 11.8 Å². The zero-order chi connectivity index (χ0) is 19.1. The van der Waals surface area contributed by atoms with E-state index in [1.807, 2.05) is 0 Å². The number of carboxylic acid groups (broad SMARTS) is 1. The number of nitrogens with two attached hydrogens (primary N) is 1. The molecule has 0 bridgehead atoms. The zero-order valence-electron chi connectivity index (χ0n) is 14.2. The summed E-state index contributed by atoms with van der Waals surface area (Å²) < 4.78 is 13.4. The van der Waals surface area contributed by atoms with E-state index in [-0.39, 0.29) is 29.5 Å². The summed E-state index contributed by atoms with van der Waals surface area (Å²) in [7, 11) is 0. The lowest BCUT2D eigenvalue weighted by Crippen LogP contribution is -2.47. The quantitative estimate of drug-likeness (QED) is 0.529. The van der Waals surface area contributed by atoms with Crippen LogP contribution in [0.5, 0.6) is 0 Å². The number of nitrogens with zero attached hydrogens (tertiary/aromatic N) is 1. The number of carbonyl (C=O) groups is 3. The summed E-state index contributed by atoms with van der Waals surface area (Å²) in [5, 5.41) is 13.8. The second-order valence-electron chi connectivity index (χ2n) is 5.52. The molecule has 2 amide bonds. The molecule has 0 spiro atoms. The molecule has 1 heterocycles. The van der Waals surface area contributed by atoms with E-state index in [0.29, 0.717) is 0 Å². The molecule has 0 aliphatic heterocycles. The molecule has 1 atom stereocenters. The molecule has 0 aromatic carbocycles. The van der Waals surface area contributed by atoms with Crippen LogP contribution in [0.4, 0.5) is 4.39 Å². The molecule has 5 N–H and O–H groups in total. The van der Waals surface area contributed by atoms with E-state index < -0.39 is 29.6 Å². The highest BCUT2D eigenvalue weighted by molar-refractivity contribution is 6.02. The van der Waals surface area contributed by atoms with Crippen LogP contribution in [0.1, 0.15) is 37.0 Å². The number of aromatic nitrogens is 1. The minimum atomic E-state index is -1.18. The molecular formula is C16H21FN4O4. The average molecular weight is 352 g/mol. The molecule has 1 aromatic rings.